The second-order valence-corrected chi connectivity index (χ2v) is 8.27. The molecule has 2 aromatic carbocycles. The van der Waals surface area contributed by atoms with E-state index in [0.717, 1.165) is 32.7 Å². The highest BCUT2D eigenvalue weighted by atomic mass is 16.5. The number of aromatic nitrogens is 2. The molecule has 0 aliphatic rings. The van der Waals surface area contributed by atoms with Gasteiger partial charge in [0.15, 0.2) is 0 Å². The summed E-state index contributed by atoms with van der Waals surface area (Å²) in [6.07, 6.45) is 5.06. The van der Waals surface area contributed by atoms with Crippen molar-refractivity contribution in [2.45, 2.75) is 39.5 Å². The van der Waals surface area contributed by atoms with E-state index in [2.05, 4.69) is 89.9 Å². The third-order valence-corrected chi connectivity index (χ3v) is 5.61. The quantitative estimate of drug-likeness (QED) is 0.345. The molecule has 30 heavy (non-hydrogen) atoms. The number of para-hydroxylation sites is 1. The molecule has 4 heteroatoms. The number of benzene rings is 2. The van der Waals surface area contributed by atoms with Gasteiger partial charge in [-0.25, -0.2) is 0 Å². The van der Waals surface area contributed by atoms with Crippen LogP contribution in [0.25, 0.3) is 21.8 Å². The van der Waals surface area contributed by atoms with Crippen LogP contribution in [0.15, 0.2) is 67.0 Å². The minimum absolute atomic E-state index is 0.285. The van der Waals surface area contributed by atoms with Gasteiger partial charge in [-0.15, -0.1) is 0 Å². The van der Waals surface area contributed by atoms with Crippen LogP contribution >= 0.6 is 0 Å². The van der Waals surface area contributed by atoms with Crippen molar-refractivity contribution in [3.63, 3.8) is 0 Å². The average Bonchev–Trinajstić information content (AvgIpc) is 3.04. The monoisotopic (exact) mass is 401 g/mol. The fourth-order valence-electron chi connectivity index (χ4n) is 4.13. The number of rotatable bonds is 9. The number of nitrogens with zero attached hydrogens (tertiary/aromatic N) is 3. The summed E-state index contributed by atoms with van der Waals surface area (Å²) in [4.78, 5) is 6.66. The van der Waals surface area contributed by atoms with Crippen LogP contribution in [0.2, 0.25) is 0 Å². The van der Waals surface area contributed by atoms with Crippen LogP contribution in [0.4, 0.5) is 0 Å². The number of fused-ring (bicyclic) bond motifs is 3. The molecule has 4 aromatic rings. The number of aryl methyl sites for hydroxylation is 1. The molecule has 0 saturated heterocycles. The molecule has 0 spiro atoms. The molecule has 0 atom stereocenters. The lowest BCUT2D eigenvalue weighted by atomic mass is 10.1. The Morgan fingerprint density at radius 1 is 0.900 bits per heavy atom. The molecule has 4 nitrogen and oxygen atoms in total. The highest BCUT2D eigenvalue weighted by Gasteiger charge is 2.11. The SMILES string of the molecule is CC(C)OCCCN(Cc1ccncc1)Cc1ccc2c3ccccc3n(C)c2c1. The Morgan fingerprint density at radius 2 is 1.63 bits per heavy atom. The van der Waals surface area contributed by atoms with Crippen LogP contribution in [-0.2, 0) is 24.9 Å². The van der Waals surface area contributed by atoms with Crippen LogP contribution in [-0.4, -0.2) is 33.7 Å². The van der Waals surface area contributed by atoms with E-state index in [1.807, 2.05) is 12.4 Å². The van der Waals surface area contributed by atoms with Gasteiger partial charge in [-0.05, 0) is 55.7 Å². The van der Waals surface area contributed by atoms with E-state index in [4.69, 9.17) is 4.74 Å². The van der Waals surface area contributed by atoms with Gasteiger partial charge in [0.25, 0.3) is 0 Å². The predicted molar refractivity (Wildman–Crippen MR) is 124 cm³/mol. The van der Waals surface area contributed by atoms with Gasteiger partial charge in [0.2, 0.25) is 0 Å². The first kappa shape index (κ1) is 20.6. The maximum atomic E-state index is 5.76. The molecule has 2 aromatic heterocycles. The zero-order valence-electron chi connectivity index (χ0n) is 18.2. The van der Waals surface area contributed by atoms with Crippen molar-refractivity contribution >= 4 is 21.8 Å². The molecule has 0 unspecified atom stereocenters. The molecule has 0 N–H and O–H groups in total. The summed E-state index contributed by atoms with van der Waals surface area (Å²) in [5.41, 5.74) is 5.21. The number of hydrogen-bond donors (Lipinski definition) is 0. The molecule has 156 valence electrons. The molecular weight excluding hydrogens is 370 g/mol. The summed E-state index contributed by atoms with van der Waals surface area (Å²) in [6.45, 7) is 7.81. The maximum Gasteiger partial charge on any atom is 0.0518 e. The van der Waals surface area contributed by atoms with Crippen LogP contribution < -0.4 is 0 Å². The first-order chi connectivity index (χ1) is 14.6. The molecule has 0 amide bonds. The molecule has 0 bridgehead atoms. The lowest BCUT2D eigenvalue weighted by Gasteiger charge is -2.23. The standard InChI is InChI=1S/C26H31N3O/c1-20(2)30-16-6-15-29(18-21-11-13-27-14-12-21)19-22-9-10-24-23-7-4-5-8-25(23)28(3)26(24)17-22/h4-5,7-14,17,20H,6,15-16,18-19H2,1-3H3. The summed E-state index contributed by atoms with van der Waals surface area (Å²) >= 11 is 0. The Hall–Kier alpha value is -2.69. The second kappa shape index (κ2) is 9.41. The van der Waals surface area contributed by atoms with Gasteiger partial charge in [0, 0.05) is 67.5 Å². The Kier molecular flexibility index (Phi) is 6.46. The highest BCUT2D eigenvalue weighted by molar-refractivity contribution is 6.08. The summed E-state index contributed by atoms with van der Waals surface area (Å²) < 4.78 is 8.06. The third kappa shape index (κ3) is 4.72. The van der Waals surface area contributed by atoms with E-state index in [-0.39, 0.29) is 6.10 Å². The Morgan fingerprint density at radius 3 is 2.43 bits per heavy atom. The van der Waals surface area contributed by atoms with Gasteiger partial charge in [0.1, 0.15) is 0 Å². The fourth-order valence-corrected chi connectivity index (χ4v) is 4.13. The van der Waals surface area contributed by atoms with Crippen molar-refractivity contribution in [2.75, 3.05) is 13.2 Å². The smallest absolute Gasteiger partial charge is 0.0518 e. The fraction of sp³-hybridized carbons (Fsp3) is 0.346. The van der Waals surface area contributed by atoms with Crippen molar-refractivity contribution in [3.05, 3.63) is 78.1 Å². The molecule has 0 aliphatic heterocycles. The molecule has 0 fully saturated rings. The molecule has 0 aliphatic carbocycles. The van der Waals surface area contributed by atoms with Crippen molar-refractivity contribution in [3.8, 4) is 0 Å². The van der Waals surface area contributed by atoms with Gasteiger partial charge in [-0.1, -0.05) is 30.3 Å². The van der Waals surface area contributed by atoms with Crippen LogP contribution in [0.3, 0.4) is 0 Å². The van der Waals surface area contributed by atoms with Crippen molar-refractivity contribution < 1.29 is 4.74 Å². The average molecular weight is 402 g/mol. The molecular formula is C26H31N3O. The summed E-state index contributed by atoms with van der Waals surface area (Å²) in [7, 11) is 2.16. The van der Waals surface area contributed by atoms with E-state index in [9.17, 15) is 0 Å². The summed E-state index contributed by atoms with van der Waals surface area (Å²) in [5, 5.41) is 2.64. The Bertz CT molecular complexity index is 1100. The van der Waals surface area contributed by atoms with E-state index < -0.39 is 0 Å². The molecule has 4 rings (SSSR count). The third-order valence-electron chi connectivity index (χ3n) is 5.61. The zero-order chi connectivity index (χ0) is 20.9. The molecule has 2 heterocycles. The predicted octanol–water partition coefficient (Wildman–Crippen LogP) is 5.54. The number of pyridine rings is 1. The first-order valence-corrected chi connectivity index (χ1v) is 10.8. The van der Waals surface area contributed by atoms with E-state index in [0.29, 0.717) is 0 Å². The zero-order valence-corrected chi connectivity index (χ0v) is 18.2. The van der Waals surface area contributed by atoms with E-state index in [1.54, 1.807) is 0 Å². The van der Waals surface area contributed by atoms with E-state index in [1.165, 1.54) is 32.9 Å². The van der Waals surface area contributed by atoms with Crippen molar-refractivity contribution in [2.24, 2.45) is 7.05 Å². The van der Waals surface area contributed by atoms with Gasteiger partial charge in [-0.2, -0.15) is 0 Å². The normalized spacial score (nSPS) is 11.9. The van der Waals surface area contributed by atoms with Gasteiger partial charge < -0.3 is 9.30 Å². The van der Waals surface area contributed by atoms with Crippen molar-refractivity contribution in [1.29, 1.82) is 0 Å². The topological polar surface area (TPSA) is 30.3 Å². The number of ether oxygens (including phenoxy) is 1. The van der Waals surface area contributed by atoms with E-state index >= 15 is 0 Å². The minimum Gasteiger partial charge on any atom is -0.379 e. The summed E-state index contributed by atoms with van der Waals surface area (Å²) in [6, 6.07) is 19.7. The maximum absolute atomic E-state index is 5.76. The second-order valence-electron chi connectivity index (χ2n) is 8.27. The van der Waals surface area contributed by atoms with Crippen LogP contribution in [0, 0.1) is 0 Å². The van der Waals surface area contributed by atoms with Gasteiger partial charge >= 0.3 is 0 Å². The molecule has 0 saturated carbocycles. The highest BCUT2D eigenvalue weighted by Crippen LogP contribution is 2.29. The van der Waals surface area contributed by atoms with Crippen molar-refractivity contribution in [1.82, 2.24) is 14.5 Å². The van der Waals surface area contributed by atoms with Gasteiger partial charge in [-0.3, -0.25) is 9.88 Å². The Balaban J connectivity index is 1.55. The lowest BCUT2D eigenvalue weighted by Crippen LogP contribution is -2.25. The van der Waals surface area contributed by atoms with Crippen LogP contribution in [0.1, 0.15) is 31.4 Å². The molecule has 0 radical (unpaired) electrons. The largest absolute Gasteiger partial charge is 0.379 e. The Labute approximate surface area is 179 Å². The first-order valence-electron chi connectivity index (χ1n) is 10.8. The lowest BCUT2D eigenvalue weighted by molar-refractivity contribution is 0.0693. The van der Waals surface area contributed by atoms with Crippen LogP contribution in [0.5, 0.6) is 0 Å². The summed E-state index contributed by atoms with van der Waals surface area (Å²) in [5.74, 6) is 0. The number of hydrogen-bond acceptors (Lipinski definition) is 3. The van der Waals surface area contributed by atoms with Gasteiger partial charge in [0.05, 0.1) is 6.10 Å². The minimum atomic E-state index is 0.285.